The molecule has 0 spiro atoms. The second kappa shape index (κ2) is 8.62. The molecule has 0 saturated carbocycles. The van der Waals surface area contributed by atoms with Gasteiger partial charge in [0.15, 0.2) is 5.11 Å². The number of rotatable bonds is 5. The van der Waals surface area contributed by atoms with E-state index in [1.165, 1.54) is 12.1 Å². The van der Waals surface area contributed by atoms with Gasteiger partial charge in [-0.1, -0.05) is 30.3 Å². The van der Waals surface area contributed by atoms with E-state index in [-0.39, 0.29) is 11.4 Å². The Labute approximate surface area is 167 Å². The van der Waals surface area contributed by atoms with Gasteiger partial charge in [-0.3, -0.25) is 14.9 Å². The molecule has 0 atom stereocenters. The second-order valence-electron chi connectivity index (χ2n) is 6.17. The molecule has 0 saturated heterocycles. The van der Waals surface area contributed by atoms with Crippen LogP contribution in [0.2, 0.25) is 0 Å². The molecule has 0 radical (unpaired) electrons. The van der Waals surface area contributed by atoms with Crippen molar-refractivity contribution < 1.29 is 4.39 Å². The summed E-state index contributed by atoms with van der Waals surface area (Å²) >= 11 is 5.18. The summed E-state index contributed by atoms with van der Waals surface area (Å²) in [6, 6.07) is 15.5. The first-order valence-electron chi connectivity index (χ1n) is 8.62. The molecule has 1 heterocycles. The van der Waals surface area contributed by atoms with E-state index in [0.29, 0.717) is 22.9 Å². The number of hydrazone groups is 1. The average Bonchev–Trinajstić information content (AvgIpc) is 2.91. The lowest BCUT2D eigenvalue weighted by molar-refractivity contribution is 0.626. The molecule has 3 aromatic rings. The molecule has 2 aromatic carbocycles. The number of halogens is 1. The lowest BCUT2D eigenvalue weighted by atomic mass is 10.2. The van der Waals surface area contributed by atoms with Crippen molar-refractivity contribution in [2.45, 2.75) is 13.5 Å². The van der Waals surface area contributed by atoms with Crippen molar-refractivity contribution in [3.63, 3.8) is 0 Å². The SMILES string of the molecule is Cc1c(/C=N\NC(=S)NCc2ccc(F)cc2)n(C)n(-c2ccccc2)c1=O. The van der Waals surface area contributed by atoms with E-state index in [1.807, 2.05) is 30.3 Å². The Balaban J connectivity index is 1.66. The van der Waals surface area contributed by atoms with Gasteiger partial charge in [-0.25, -0.2) is 9.07 Å². The van der Waals surface area contributed by atoms with Crippen LogP contribution in [-0.4, -0.2) is 20.7 Å². The highest BCUT2D eigenvalue weighted by molar-refractivity contribution is 7.80. The Morgan fingerprint density at radius 1 is 1.18 bits per heavy atom. The van der Waals surface area contributed by atoms with Gasteiger partial charge in [-0.2, -0.15) is 5.10 Å². The molecule has 0 unspecified atom stereocenters. The monoisotopic (exact) mass is 397 g/mol. The molecule has 3 rings (SSSR count). The van der Waals surface area contributed by atoms with Crippen LogP contribution in [0.3, 0.4) is 0 Å². The predicted molar refractivity (Wildman–Crippen MR) is 112 cm³/mol. The van der Waals surface area contributed by atoms with Crippen LogP contribution in [0.4, 0.5) is 4.39 Å². The van der Waals surface area contributed by atoms with E-state index in [1.54, 1.807) is 41.7 Å². The van der Waals surface area contributed by atoms with Crippen LogP contribution >= 0.6 is 12.2 Å². The van der Waals surface area contributed by atoms with Gasteiger partial charge in [-0.05, 0) is 49.0 Å². The zero-order valence-electron chi connectivity index (χ0n) is 15.5. The summed E-state index contributed by atoms with van der Waals surface area (Å²) in [5.74, 6) is -0.280. The van der Waals surface area contributed by atoms with Crippen molar-refractivity contribution in [2.75, 3.05) is 0 Å². The highest BCUT2D eigenvalue weighted by Crippen LogP contribution is 2.08. The summed E-state index contributed by atoms with van der Waals surface area (Å²) < 4.78 is 16.2. The lowest BCUT2D eigenvalue weighted by Crippen LogP contribution is -2.31. The van der Waals surface area contributed by atoms with E-state index in [2.05, 4.69) is 15.8 Å². The summed E-state index contributed by atoms with van der Waals surface area (Å²) in [5, 5.41) is 7.44. The Bertz CT molecular complexity index is 1050. The molecule has 2 N–H and O–H groups in total. The van der Waals surface area contributed by atoms with Gasteiger partial charge >= 0.3 is 0 Å². The molecule has 0 bridgehead atoms. The minimum atomic E-state index is -0.280. The van der Waals surface area contributed by atoms with E-state index in [4.69, 9.17) is 12.2 Å². The standard InChI is InChI=1S/C20H20FN5OS/c1-14-18(25(2)26(19(14)27)17-6-4-3-5-7-17)13-23-24-20(28)22-12-15-8-10-16(21)11-9-15/h3-11,13H,12H2,1-2H3,(H2,22,24,28)/b23-13-. The van der Waals surface area contributed by atoms with Gasteiger partial charge in [0.25, 0.3) is 5.56 Å². The minimum Gasteiger partial charge on any atom is -0.357 e. The van der Waals surface area contributed by atoms with Crippen molar-refractivity contribution >= 4 is 23.5 Å². The van der Waals surface area contributed by atoms with Gasteiger partial charge in [0.2, 0.25) is 0 Å². The third-order valence-electron chi connectivity index (χ3n) is 4.27. The fourth-order valence-electron chi connectivity index (χ4n) is 2.77. The minimum absolute atomic E-state index is 0.104. The fourth-order valence-corrected chi connectivity index (χ4v) is 2.90. The molecule has 6 nitrogen and oxygen atoms in total. The molecule has 28 heavy (non-hydrogen) atoms. The Morgan fingerprint density at radius 3 is 2.54 bits per heavy atom. The van der Waals surface area contributed by atoms with Crippen molar-refractivity contribution in [2.24, 2.45) is 12.1 Å². The van der Waals surface area contributed by atoms with Gasteiger partial charge in [0, 0.05) is 19.2 Å². The number of hydrogen-bond acceptors (Lipinski definition) is 3. The summed E-state index contributed by atoms with van der Waals surface area (Å²) in [6.45, 7) is 2.21. The normalized spacial score (nSPS) is 11.0. The molecule has 0 amide bonds. The highest BCUT2D eigenvalue weighted by atomic mass is 32.1. The van der Waals surface area contributed by atoms with E-state index in [0.717, 1.165) is 11.3 Å². The van der Waals surface area contributed by atoms with Gasteiger partial charge in [-0.15, -0.1) is 0 Å². The van der Waals surface area contributed by atoms with Crippen LogP contribution in [0.15, 0.2) is 64.5 Å². The van der Waals surface area contributed by atoms with Crippen LogP contribution in [0.25, 0.3) is 5.69 Å². The Morgan fingerprint density at radius 2 is 1.86 bits per heavy atom. The zero-order chi connectivity index (χ0) is 20.1. The number of para-hydroxylation sites is 1. The third kappa shape index (κ3) is 4.34. The maximum Gasteiger partial charge on any atom is 0.274 e. The number of thiocarbonyl (C=S) groups is 1. The van der Waals surface area contributed by atoms with E-state index < -0.39 is 0 Å². The van der Waals surface area contributed by atoms with Crippen molar-refractivity contribution in [1.29, 1.82) is 0 Å². The van der Waals surface area contributed by atoms with Crippen molar-refractivity contribution in [1.82, 2.24) is 20.1 Å². The van der Waals surface area contributed by atoms with Crippen LogP contribution in [-0.2, 0) is 13.6 Å². The summed E-state index contributed by atoms with van der Waals surface area (Å²) in [6.07, 6.45) is 1.56. The molecule has 0 aliphatic heterocycles. The van der Waals surface area contributed by atoms with Gasteiger partial charge in [0.1, 0.15) is 5.82 Å². The van der Waals surface area contributed by atoms with Crippen LogP contribution in [0.5, 0.6) is 0 Å². The first-order chi connectivity index (χ1) is 13.5. The smallest absolute Gasteiger partial charge is 0.274 e. The van der Waals surface area contributed by atoms with Gasteiger partial charge in [0.05, 0.1) is 17.6 Å². The van der Waals surface area contributed by atoms with Crippen LogP contribution in [0, 0.1) is 12.7 Å². The zero-order valence-corrected chi connectivity index (χ0v) is 16.3. The Hall–Kier alpha value is -3.26. The number of benzene rings is 2. The van der Waals surface area contributed by atoms with Crippen LogP contribution < -0.4 is 16.3 Å². The first-order valence-corrected chi connectivity index (χ1v) is 9.03. The number of nitrogens with one attached hydrogen (secondary N) is 2. The highest BCUT2D eigenvalue weighted by Gasteiger charge is 2.14. The summed E-state index contributed by atoms with van der Waals surface area (Å²) in [7, 11) is 1.80. The maximum atomic E-state index is 12.9. The summed E-state index contributed by atoms with van der Waals surface area (Å²) in [4.78, 5) is 12.6. The molecule has 1 aromatic heterocycles. The maximum absolute atomic E-state index is 12.9. The Kier molecular flexibility index (Phi) is 6.00. The van der Waals surface area contributed by atoms with Crippen molar-refractivity contribution in [3.05, 3.63) is 87.6 Å². The predicted octanol–water partition coefficient (Wildman–Crippen LogP) is 2.62. The lowest BCUT2D eigenvalue weighted by Gasteiger charge is -2.08. The molecule has 144 valence electrons. The second-order valence-corrected chi connectivity index (χ2v) is 6.57. The average molecular weight is 397 g/mol. The largest absolute Gasteiger partial charge is 0.357 e. The third-order valence-corrected chi connectivity index (χ3v) is 4.50. The molecule has 0 fully saturated rings. The molecular weight excluding hydrogens is 377 g/mol. The number of hydrogen-bond donors (Lipinski definition) is 2. The van der Waals surface area contributed by atoms with E-state index in [9.17, 15) is 9.18 Å². The summed E-state index contributed by atoms with van der Waals surface area (Å²) in [5.41, 5.74) is 5.55. The van der Waals surface area contributed by atoms with Crippen molar-refractivity contribution in [3.8, 4) is 5.69 Å². The number of aromatic nitrogens is 2. The molecule has 0 aliphatic carbocycles. The fraction of sp³-hybridized carbons (Fsp3) is 0.150. The molecule has 8 heteroatoms. The molecule has 0 aliphatic rings. The van der Waals surface area contributed by atoms with E-state index >= 15 is 0 Å². The molecular formula is C20H20FN5OS. The topological polar surface area (TPSA) is 63.4 Å². The quantitative estimate of drug-likeness (QED) is 0.395. The van der Waals surface area contributed by atoms with Crippen LogP contribution in [0.1, 0.15) is 16.8 Å². The number of nitrogens with zero attached hydrogens (tertiary/aromatic N) is 3. The first kappa shape index (κ1) is 19.5. The van der Waals surface area contributed by atoms with Gasteiger partial charge < -0.3 is 5.32 Å².